The number of nitrogens with one attached hydrogen (secondary N) is 2. The number of amides is 2. The number of carbonyl (C=O) groups is 2. The summed E-state index contributed by atoms with van der Waals surface area (Å²) in [4.78, 5) is 24.7. The maximum Gasteiger partial charge on any atom is 0.435 e. The van der Waals surface area contributed by atoms with E-state index in [1.54, 1.807) is 0 Å². The average Bonchev–Trinajstić information content (AvgIpc) is 2.84. The Kier molecular flexibility index (Phi) is 8.46. The number of benzene rings is 3. The molecule has 0 saturated carbocycles. The van der Waals surface area contributed by atoms with Crippen molar-refractivity contribution < 1.29 is 49.1 Å². The monoisotopic (exact) mass is 690 g/mol. The number of halogens is 11. The fourth-order valence-electron chi connectivity index (χ4n) is 3.53. The Morgan fingerprint density at radius 3 is 1.51 bits per heavy atom. The van der Waals surface area contributed by atoms with Gasteiger partial charge < -0.3 is 10.6 Å². The van der Waals surface area contributed by atoms with Crippen LogP contribution in [0.4, 0.5) is 45.2 Å². The molecule has 0 aliphatic heterocycles. The molecule has 2 amide bonds. The van der Waals surface area contributed by atoms with E-state index in [9.17, 15) is 44.7 Å². The molecule has 208 valence electrons. The summed E-state index contributed by atoms with van der Waals surface area (Å²) in [5, 5.41) is 4.33. The summed E-state index contributed by atoms with van der Waals surface area (Å²) in [6, 6.07) is 7.20. The first-order valence-electron chi connectivity index (χ1n) is 10.4. The Labute approximate surface area is 230 Å². The molecule has 0 bridgehead atoms. The molecular weight excluding hydrogens is 679 g/mol. The molecule has 39 heavy (non-hydrogen) atoms. The molecule has 0 unspecified atom stereocenters. The number of hydrogen-bond acceptors (Lipinski definition) is 2. The Hall–Kier alpha value is -3.07. The molecule has 3 aromatic carbocycles. The van der Waals surface area contributed by atoms with Gasteiger partial charge in [-0.05, 0) is 56.1 Å². The third-order valence-corrected chi connectivity index (χ3v) is 6.71. The van der Waals surface area contributed by atoms with E-state index in [1.807, 2.05) is 0 Å². The van der Waals surface area contributed by atoms with E-state index in [2.05, 4.69) is 42.5 Å². The van der Waals surface area contributed by atoms with Gasteiger partial charge in [0.2, 0.25) is 0 Å². The third kappa shape index (κ3) is 5.51. The SMILES string of the molecule is CNC(=O)c1cccc(-c2cccc(C(=O)Nc3c(Br)cc(C(F)(C(F)(F)F)C(F)(F)F)cc3Br)c2F)c1F. The zero-order valence-corrected chi connectivity index (χ0v) is 22.3. The van der Waals surface area contributed by atoms with Crippen molar-refractivity contribution in [3.63, 3.8) is 0 Å². The van der Waals surface area contributed by atoms with E-state index in [0.29, 0.717) is 0 Å². The lowest BCUT2D eigenvalue weighted by Crippen LogP contribution is -2.50. The van der Waals surface area contributed by atoms with Gasteiger partial charge in [-0.1, -0.05) is 24.3 Å². The van der Waals surface area contributed by atoms with Crippen LogP contribution < -0.4 is 10.6 Å². The first kappa shape index (κ1) is 30.5. The van der Waals surface area contributed by atoms with Crippen LogP contribution in [0.25, 0.3) is 11.1 Å². The molecule has 3 rings (SSSR count). The van der Waals surface area contributed by atoms with E-state index in [-0.39, 0.29) is 17.7 Å². The second-order valence-corrected chi connectivity index (χ2v) is 9.55. The highest BCUT2D eigenvalue weighted by atomic mass is 79.9. The van der Waals surface area contributed by atoms with Crippen molar-refractivity contribution in [3.8, 4) is 11.1 Å². The van der Waals surface area contributed by atoms with Gasteiger partial charge >= 0.3 is 18.0 Å². The lowest BCUT2D eigenvalue weighted by Gasteiger charge is -2.31. The van der Waals surface area contributed by atoms with Gasteiger partial charge in [0.1, 0.15) is 11.6 Å². The van der Waals surface area contributed by atoms with Crippen LogP contribution in [0.1, 0.15) is 26.3 Å². The predicted molar refractivity (Wildman–Crippen MR) is 130 cm³/mol. The molecule has 0 spiro atoms. The van der Waals surface area contributed by atoms with Crippen LogP contribution in [0.3, 0.4) is 0 Å². The molecule has 0 fully saturated rings. The topological polar surface area (TPSA) is 58.2 Å². The molecule has 0 aliphatic rings. The molecule has 0 aromatic heterocycles. The van der Waals surface area contributed by atoms with Crippen molar-refractivity contribution in [3.05, 3.63) is 85.8 Å². The fraction of sp³-hybridized carbons (Fsp3) is 0.167. The third-order valence-electron chi connectivity index (χ3n) is 5.46. The van der Waals surface area contributed by atoms with Crippen LogP contribution in [-0.2, 0) is 5.67 Å². The molecule has 0 heterocycles. The number of hydrogen-bond donors (Lipinski definition) is 2. The van der Waals surface area contributed by atoms with Crippen molar-refractivity contribution in [2.75, 3.05) is 12.4 Å². The van der Waals surface area contributed by atoms with Crippen molar-refractivity contribution in [1.82, 2.24) is 5.32 Å². The van der Waals surface area contributed by atoms with Gasteiger partial charge in [0.25, 0.3) is 11.8 Å². The summed E-state index contributed by atoms with van der Waals surface area (Å²) in [5.74, 6) is -4.36. The maximum absolute atomic E-state index is 15.3. The second kappa shape index (κ2) is 10.8. The largest absolute Gasteiger partial charge is 0.435 e. The zero-order chi connectivity index (χ0) is 29.5. The van der Waals surface area contributed by atoms with Gasteiger partial charge in [-0.3, -0.25) is 9.59 Å². The van der Waals surface area contributed by atoms with Gasteiger partial charge in [-0.2, -0.15) is 26.3 Å². The summed E-state index contributed by atoms with van der Waals surface area (Å²) in [5.41, 5.74) is -9.90. The van der Waals surface area contributed by atoms with Crippen molar-refractivity contribution >= 4 is 49.4 Å². The summed E-state index contributed by atoms with van der Waals surface area (Å²) in [6.07, 6.45) is -12.7. The minimum atomic E-state index is -6.37. The van der Waals surface area contributed by atoms with Crippen LogP contribution in [0.15, 0.2) is 57.5 Å². The Morgan fingerprint density at radius 1 is 0.718 bits per heavy atom. The molecule has 0 aliphatic carbocycles. The van der Waals surface area contributed by atoms with Crippen LogP contribution in [0.2, 0.25) is 0 Å². The van der Waals surface area contributed by atoms with Crippen molar-refractivity contribution in [2.24, 2.45) is 0 Å². The van der Waals surface area contributed by atoms with E-state index < -0.39 is 78.4 Å². The van der Waals surface area contributed by atoms with Gasteiger partial charge in [0.15, 0.2) is 0 Å². The number of alkyl halides is 7. The average molecular weight is 692 g/mol. The van der Waals surface area contributed by atoms with Crippen LogP contribution in [0.5, 0.6) is 0 Å². The quantitative estimate of drug-likeness (QED) is 0.266. The van der Waals surface area contributed by atoms with Crippen molar-refractivity contribution in [1.29, 1.82) is 0 Å². The van der Waals surface area contributed by atoms with E-state index in [4.69, 9.17) is 0 Å². The van der Waals surface area contributed by atoms with Gasteiger partial charge in [-0.15, -0.1) is 0 Å². The van der Waals surface area contributed by atoms with Crippen molar-refractivity contribution in [2.45, 2.75) is 18.0 Å². The molecule has 0 radical (unpaired) electrons. The first-order chi connectivity index (χ1) is 18.0. The summed E-state index contributed by atoms with van der Waals surface area (Å²) in [7, 11) is 1.25. The lowest BCUT2D eigenvalue weighted by molar-refractivity contribution is -0.348. The number of rotatable bonds is 5. The van der Waals surface area contributed by atoms with E-state index in [0.717, 1.165) is 24.3 Å². The van der Waals surface area contributed by atoms with Gasteiger partial charge in [0.05, 0.1) is 16.8 Å². The molecule has 0 atom stereocenters. The molecule has 15 heteroatoms. The molecule has 2 N–H and O–H groups in total. The molecule has 0 saturated heterocycles. The fourth-order valence-corrected chi connectivity index (χ4v) is 4.91. The number of anilines is 1. The highest BCUT2D eigenvalue weighted by molar-refractivity contribution is 9.11. The van der Waals surface area contributed by atoms with Crippen LogP contribution in [-0.4, -0.2) is 31.2 Å². The Morgan fingerprint density at radius 2 is 1.13 bits per heavy atom. The normalized spacial score (nSPS) is 12.3. The standard InChI is InChI=1S/C24H13Br2F9N2O2/c1-36-20(38)13-6-2-4-11(17(13)27)12-5-3-7-14(18(12)28)21(39)37-19-15(25)8-10(9-16(19)26)22(29,23(30,31)32)24(33,34)35/h2-9H,1H3,(H,36,38)(H,37,39). The second-order valence-electron chi connectivity index (χ2n) is 7.84. The Balaban J connectivity index is 2.03. The Bertz CT molecular complexity index is 1420. The molecular formula is C24H13Br2F9N2O2. The van der Waals surface area contributed by atoms with Gasteiger partial charge in [-0.25, -0.2) is 13.2 Å². The number of carbonyl (C=O) groups excluding carboxylic acids is 2. The van der Waals surface area contributed by atoms with Crippen LogP contribution in [0, 0.1) is 11.6 Å². The highest BCUT2D eigenvalue weighted by Crippen LogP contribution is 2.54. The van der Waals surface area contributed by atoms with Crippen LogP contribution >= 0.6 is 31.9 Å². The van der Waals surface area contributed by atoms with E-state index in [1.165, 1.54) is 19.2 Å². The minimum absolute atomic E-state index is 0.174. The highest BCUT2D eigenvalue weighted by Gasteiger charge is 2.73. The van der Waals surface area contributed by atoms with E-state index >= 15 is 4.39 Å². The molecule has 3 aromatic rings. The minimum Gasteiger partial charge on any atom is -0.355 e. The summed E-state index contributed by atoms with van der Waals surface area (Å²) < 4.78 is 122. The molecule has 4 nitrogen and oxygen atoms in total. The summed E-state index contributed by atoms with van der Waals surface area (Å²) in [6.45, 7) is 0. The first-order valence-corrected chi connectivity index (χ1v) is 12.0. The summed E-state index contributed by atoms with van der Waals surface area (Å²) >= 11 is 5.41. The lowest BCUT2D eigenvalue weighted by atomic mass is 9.94. The zero-order valence-electron chi connectivity index (χ0n) is 19.1. The predicted octanol–water partition coefficient (Wildman–Crippen LogP) is 8.06. The smallest absolute Gasteiger partial charge is 0.355 e. The van der Waals surface area contributed by atoms with Gasteiger partial charge in [0, 0.05) is 32.7 Å². The maximum atomic E-state index is 15.3.